The molecule has 1 N–H and O–H groups in total. The second-order valence-corrected chi connectivity index (χ2v) is 4.19. The van der Waals surface area contributed by atoms with Crippen molar-refractivity contribution in [3.63, 3.8) is 0 Å². The van der Waals surface area contributed by atoms with E-state index in [2.05, 4.69) is 4.98 Å². The van der Waals surface area contributed by atoms with Gasteiger partial charge in [-0.3, -0.25) is 14.2 Å². The van der Waals surface area contributed by atoms with E-state index >= 15 is 0 Å². The molecule has 0 radical (unpaired) electrons. The van der Waals surface area contributed by atoms with Gasteiger partial charge in [0.2, 0.25) is 0 Å². The Hall–Kier alpha value is -1.65. The van der Waals surface area contributed by atoms with Gasteiger partial charge in [0.15, 0.2) is 0 Å². The predicted octanol–water partition coefficient (Wildman–Crippen LogP) is 0.768. The van der Waals surface area contributed by atoms with Crippen molar-refractivity contribution in [2.24, 2.45) is 0 Å². The molecule has 0 saturated carbocycles. The molecule has 2 rings (SSSR count). The lowest BCUT2D eigenvalue weighted by Gasteiger charge is -2.24. The fraction of sp³-hybridized carbons (Fsp3) is 0.545. The molecule has 16 heavy (non-hydrogen) atoms. The Bertz CT molecular complexity index is 479. The average molecular weight is 222 g/mol. The molecule has 5 nitrogen and oxygen atoms in total. The first-order valence-electron chi connectivity index (χ1n) is 5.40. The summed E-state index contributed by atoms with van der Waals surface area (Å²) >= 11 is 0. The van der Waals surface area contributed by atoms with Crippen LogP contribution in [0.2, 0.25) is 0 Å². The SMILES string of the molecule is CC1CCCc2ncc(CC(=O)O)c(=O)n21. The topological polar surface area (TPSA) is 72.2 Å². The molecule has 1 aromatic rings. The Balaban J connectivity index is 2.49. The molecule has 1 aromatic heterocycles. The third-order valence-electron chi connectivity index (χ3n) is 2.95. The minimum absolute atomic E-state index is 0.123. The molecule has 2 heterocycles. The van der Waals surface area contributed by atoms with Gasteiger partial charge in [0, 0.05) is 24.2 Å². The number of hydrogen-bond acceptors (Lipinski definition) is 3. The van der Waals surface area contributed by atoms with Gasteiger partial charge in [0.25, 0.3) is 5.56 Å². The fourth-order valence-corrected chi connectivity index (χ4v) is 2.15. The quantitative estimate of drug-likeness (QED) is 0.802. The smallest absolute Gasteiger partial charge is 0.308 e. The molecule has 0 aromatic carbocycles. The van der Waals surface area contributed by atoms with E-state index in [0.717, 1.165) is 25.1 Å². The van der Waals surface area contributed by atoms with Gasteiger partial charge in [0.1, 0.15) is 5.82 Å². The molecule has 5 heteroatoms. The van der Waals surface area contributed by atoms with Gasteiger partial charge in [-0.25, -0.2) is 4.98 Å². The summed E-state index contributed by atoms with van der Waals surface area (Å²) in [6, 6.07) is 0.123. The summed E-state index contributed by atoms with van der Waals surface area (Å²) in [6.07, 6.45) is 3.93. The number of carbonyl (C=O) groups is 1. The van der Waals surface area contributed by atoms with Gasteiger partial charge in [-0.1, -0.05) is 0 Å². The summed E-state index contributed by atoms with van der Waals surface area (Å²) in [5.41, 5.74) is 0.0737. The highest BCUT2D eigenvalue weighted by Crippen LogP contribution is 2.20. The highest BCUT2D eigenvalue weighted by molar-refractivity contribution is 5.69. The van der Waals surface area contributed by atoms with Crippen LogP contribution in [0.4, 0.5) is 0 Å². The van der Waals surface area contributed by atoms with Gasteiger partial charge in [0.05, 0.1) is 6.42 Å². The molecule has 0 spiro atoms. The van der Waals surface area contributed by atoms with E-state index in [9.17, 15) is 9.59 Å². The Morgan fingerprint density at radius 3 is 3.12 bits per heavy atom. The summed E-state index contributed by atoms with van der Waals surface area (Å²) in [5, 5.41) is 8.69. The Kier molecular flexibility index (Phi) is 2.77. The third kappa shape index (κ3) is 1.85. The van der Waals surface area contributed by atoms with Crippen molar-refractivity contribution in [2.75, 3.05) is 0 Å². The number of hydrogen-bond donors (Lipinski definition) is 1. The summed E-state index contributed by atoms with van der Waals surface area (Å²) in [6.45, 7) is 1.97. The zero-order valence-electron chi connectivity index (χ0n) is 9.14. The van der Waals surface area contributed by atoms with Crippen molar-refractivity contribution in [2.45, 2.75) is 38.6 Å². The monoisotopic (exact) mass is 222 g/mol. The summed E-state index contributed by atoms with van der Waals surface area (Å²) in [7, 11) is 0. The number of aryl methyl sites for hydroxylation is 1. The number of carboxylic acids is 1. The van der Waals surface area contributed by atoms with Gasteiger partial charge in [-0.15, -0.1) is 0 Å². The number of aromatic nitrogens is 2. The van der Waals surface area contributed by atoms with E-state index in [1.165, 1.54) is 6.20 Å². The predicted molar refractivity (Wildman–Crippen MR) is 57.5 cm³/mol. The van der Waals surface area contributed by atoms with Crippen LogP contribution in [-0.2, 0) is 17.6 Å². The van der Waals surface area contributed by atoms with Gasteiger partial charge < -0.3 is 5.11 Å². The second kappa shape index (κ2) is 4.08. The molecule has 0 bridgehead atoms. The van der Waals surface area contributed by atoms with Crippen molar-refractivity contribution >= 4 is 5.97 Å². The van der Waals surface area contributed by atoms with E-state index in [1.54, 1.807) is 4.57 Å². The molecular weight excluding hydrogens is 208 g/mol. The van der Waals surface area contributed by atoms with Crippen molar-refractivity contribution in [3.05, 3.63) is 27.9 Å². The van der Waals surface area contributed by atoms with Crippen LogP contribution < -0.4 is 5.56 Å². The lowest BCUT2D eigenvalue weighted by atomic mass is 10.0. The average Bonchev–Trinajstić information content (AvgIpc) is 2.22. The lowest BCUT2D eigenvalue weighted by Crippen LogP contribution is -2.33. The molecule has 1 atom stereocenters. The van der Waals surface area contributed by atoms with E-state index in [-0.39, 0.29) is 23.6 Å². The van der Waals surface area contributed by atoms with E-state index in [4.69, 9.17) is 5.11 Å². The first-order chi connectivity index (χ1) is 7.59. The highest BCUT2D eigenvalue weighted by Gasteiger charge is 2.20. The lowest BCUT2D eigenvalue weighted by molar-refractivity contribution is -0.136. The molecule has 0 fully saturated rings. The molecule has 1 aliphatic heterocycles. The third-order valence-corrected chi connectivity index (χ3v) is 2.95. The summed E-state index contributed by atoms with van der Waals surface area (Å²) < 4.78 is 1.64. The molecule has 0 aliphatic carbocycles. The van der Waals surface area contributed by atoms with Crippen LogP contribution in [0.1, 0.15) is 37.2 Å². The van der Waals surface area contributed by atoms with Gasteiger partial charge in [-0.2, -0.15) is 0 Å². The number of nitrogens with zero attached hydrogens (tertiary/aromatic N) is 2. The number of fused-ring (bicyclic) bond motifs is 1. The standard InChI is InChI=1S/C11H14N2O3/c1-7-3-2-4-9-12-6-8(5-10(14)15)11(16)13(7)9/h6-7H,2-5H2,1H3,(H,14,15). The zero-order valence-corrected chi connectivity index (χ0v) is 9.14. The van der Waals surface area contributed by atoms with Gasteiger partial charge >= 0.3 is 5.97 Å². The molecule has 1 aliphatic rings. The minimum atomic E-state index is -0.997. The van der Waals surface area contributed by atoms with Crippen molar-refractivity contribution in [1.82, 2.24) is 9.55 Å². The van der Waals surface area contributed by atoms with Crippen molar-refractivity contribution < 1.29 is 9.90 Å². The highest BCUT2D eigenvalue weighted by atomic mass is 16.4. The first-order valence-corrected chi connectivity index (χ1v) is 5.40. The van der Waals surface area contributed by atoms with Crippen LogP contribution in [0, 0.1) is 0 Å². The molecule has 0 saturated heterocycles. The first kappa shape index (κ1) is 10.9. The second-order valence-electron chi connectivity index (χ2n) is 4.19. The Labute approximate surface area is 92.7 Å². The summed E-state index contributed by atoms with van der Waals surface area (Å²) in [5.74, 6) is -0.221. The van der Waals surface area contributed by atoms with Gasteiger partial charge in [-0.05, 0) is 19.8 Å². The summed E-state index contributed by atoms with van der Waals surface area (Å²) in [4.78, 5) is 26.8. The molecule has 86 valence electrons. The van der Waals surface area contributed by atoms with Crippen LogP contribution in [0.5, 0.6) is 0 Å². The molecule has 1 unspecified atom stereocenters. The van der Waals surface area contributed by atoms with Crippen LogP contribution >= 0.6 is 0 Å². The number of carboxylic acid groups (broad SMARTS) is 1. The number of rotatable bonds is 2. The Morgan fingerprint density at radius 1 is 1.69 bits per heavy atom. The van der Waals surface area contributed by atoms with E-state index in [0.29, 0.717) is 0 Å². The zero-order chi connectivity index (χ0) is 11.7. The minimum Gasteiger partial charge on any atom is -0.481 e. The maximum atomic E-state index is 12.0. The van der Waals surface area contributed by atoms with E-state index in [1.807, 2.05) is 6.92 Å². The molecular formula is C11H14N2O3. The van der Waals surface area contributed by atoms with Crippen LogP contribution in [0.15, 0.2) is 11.0 Å². The van der Waals surface area contributed by atoms with Crippen LogP contribution in [0.25, 0.3) is 0 Å². The molecule has 0 amide bonds. The Morgan fingerprint density at radius 2 is 2.44 bits per heavy atom. The normalized spacial score (nSPS) is 19.2. The fourth-order valence-electron chi connectivity index (χ4n) is 2.15. The van der Waals surface area contributed by atoms with Crippen molar-refractivity contribution in [3.8, 4) is 0 Å². The van der Waals surface area contributed by atoms with E-state index < -0.39 is 5.97 Å². The maximum Gasteiger partial charge on any atom is 0.308 e. The van der Waals surface area contributed by atoms with Crippen LogP contribution in [-0.4, -0.2) is 20.6 Å². The number of aliphatic carboxylic acids is 1. The van der Waals surface area contributed by atoms with Crippen LogP contribution in [0.3, 0.4) is 0 Å². The largest absolute Gasteiger partial charge is 0.481 e. The maximum absolute atomic E-state index is 12.0. The van der Waals surface area contributed by atoms with Crippen molar-refractivity contribution in [1.29, 1.82) is 0 Å².